The number of carboxylic acids is 1. The average molecular weight is 402 g/mol. The predicted molar refractivity (Wildman–Crippen MR) is 95.8 cm³/mol. The minimum atomic E-state index is -5.08. The number of nitrogens with one attached hydrogen (secondary N) is 2. The lowest BCUT2D eigenvalue weighted by Gasteiger charge is -2.14. The van der Waals surface area contributed by atoms with Gasteiger partial charge in [0.2, 0.25) is 0 Å². The van der Waals surface area contributed by atoms with Crippen LogP contribution in [-0.4, -0.2) is 61.1 Å². The Kier molecular flexibility index (Phi) is 7.21. The van der Waals surface area contributed by atoms with Gasteiger partial charge in [-0.2, -0.15) is 13.2 Å². The van der Waals surface area contributed by atoms with E-state index in [9.17, 15) is 13.2 Å². The van der Waals surface area contributed by atoms with Gasteiger partial charge in [0.05, 0.1) is 19.7 Å². The van der Waals surface area contributed by atoms with Crippen LogP contribution in [0.3, 0.4) is 0 Å². The minimum Gasteiger partial charge on any atom is -0.493 e. The van der Waals surface area contributed by atoms with Crippen molar-refractivity contribution in [2.24, 2.45) is 5.92 Å². The molecule has 0 radical (unpaired) electrons. The van der Waals surface area contributed by atoms with Crippen LogP contribution in [0.25, 0.3) is 10.9 Å². The molecule has 1 aromatic carbocycles. The lowest BCUT2D eigenvalue weighted by molar-refractivity contribution is -0.192. The van der Waals surface area contributed by atoms with Crippen LogP contribution in [0, 0.1) is 5.92 Å². The highest BCUT2D eigenvalue weighted by Crippen LogP contribution is 2.33. The van der Waals surface area contributed by atoms with Gasteiger partial charge in [0.25, 0.3) is 0 Å². The van der Waals surface area contributed by atoms with Gasteiger partial charge in [-0.05, 0) is 31.5 Å². The maximum absolute atomic E-state index is 10.6. The smallest absolute Gasteiger partial charge is 0.490 e. The summed E-state index contributed by atoms with van der Waals surface area (Å²) in [6, 6.07) is 3.79. The normalized spacial score (nSPS) is 16.2. The molecular weight excluding hydrogens is 381 g/mol. The summed E-state index contributed by atoms with van der Waals surface area (Å²) in [4.78, 5) is 17.6. The Hall–Kier alpha value is -2.82. The van der Waals surface area contributed by atoms with Gasteiger partial charge in [-0.3, -0.25) is 0 Å². The standard InChI is InChI=1S/C15H20N4O2.C2HF3O2/c1-20-13-5-11-12(6-14(13)21-2)18-9-19-15(11)17-8-10-3-4-16-7-10;3-2(4,5)1(6)7/h5-6,9-10,16H,3-4,7-8H2,1-2H3,(H,17,18,19);(H,6,7). The Morgan fingerprint density at radius 1 is 1.29 bits per heavy atom. The van der Waals surface area contributed by atoms with Crippen molar-refractivity contribution in [3.8, 4) is 11.5 Å². The molecule has 3 rings (SSSR count). The van der Waals surface area contributed by atoms with Crippen LogP contribution in [0.5, 0.6) is 11.5 Å². The largest absolute Gasteiger partial charge is 0.493 e. The molecule has 1 saturated heterocycles. The second kappa shape index (κ2) is 9.40. The quantitative estimate of drug-likeness (QED) is 0.700. The first-order valence-electron chi connectivity index (χ1n) is 8.37. The molecule has 8 nitrogen and oxygen atoms in total. The van der Waals surface area contributed by atoms with Gasteiger partial charge in [0, 0.05) is 18.0 Å². The number of nitrogens with zero attached hydrogens (tertiary/aromatic N) is 2. The van der Waals surface area contributed by atoms with Gasteiger partial charge in [-0.1, -0.05) is 0 Å². The van der Waals surface area contributed by atoms with Crippen LogP contribution >= 0.6 is 0 Å². The Balaban J connectivity index is 0.000000345. The maximum Gasteiger partial charge on any atom is 0.490 e. The second-order valence-corrected chi connectivity index (χ2v) is 5.99. The molecule has 1 aliphatic rings. The summed E-state index contributed by atoms with van der Waals surface area (Å²) in [7, 11) is 3.25. The molecule has 1 atom stereocenters. The van der Waals surface area contributed by atoms with Gasteiger partial charge < -0.3 is 25.2 Å². The van der Waals surface area contributed by atoms with E-state index in [1.165, 1.54) is 6.42 Å². The SMILES string of the molecule is COc1cc2ncnc(NCC3CCNC3)c2cc1OC.O=C(O)C(F)(F)F. The monoisotopic (exact) mass is 402 g/mol. The van der Waals surface area contributed by atoms with Crippen molar-refractivity contribution in [1.29, 1.82) is 0 Å². The van der Waals surface area contributed by atoms with Crippen LogP contribution in [0.2, 0.25) is 0 Å². The predicted octanol–water partition coefficient (Wildman–Crippen LogP) is 2.30. The third-order valence-electron chi connectivity index (χ3n) is 4.10. The average Bonchev–Trinajstić information content (AvgIpc) is 3.18. The zero-order valence-electron chi connectivity index (χ0n) is 15.3. The van der Waals surface area contributed by atoms with Crippen LogP contribution in [0.4, 0.5) is 19.0 Å². The molecule has 0 saturated carbocycles. The first-order chi connectivity index (χ1) is 13.3. The van der Waals surface area contributed by atoms with E-state index in [4.69, 9.17) is 19.4 Å². The summed E-state index contributed by atoms with van der Waals surface area (Å²) < 4.78 is 42.4. The molecule has 0 bridgehead atoms. The molecule has 1 unspecified atom stereocenters. The summed E-state index contributed by atoms with van der Waals surface area (Å²) >= 11 is 0. The first kappa shape index (κ1) is 21.5. The molecule has 154 valence electrons. The number of hydrogen-bond donors (Lipinski definition) is 3. The number of ether oxygens (including phenoxy) is 2. The van der Waals surface area contributed by atoms with E-state index < -0.39 is 12.1 Å². The summed E-state index contributed by atoms with van der Waals surface area (Å²) in [6.07, 6.45) is -2.31. The highest BCUT2D eigenvalue weighted by molar-refractivity contribution is 5.91. The molecule has 0 spiro atoms. The molecule has 28 heavy (non-hydrogen) atoms. The highest BCUT2D eigenvalue weighted by atomic mass is 19.4. The van der Waals surface area contributed by atoms with Gasteiger partial charge >= 0.3 is 12.1 Å². The number of halogens is 3. The number of benzene rings is 1. The van der Waals surface area contributed by atoms with E-state index in [1.54, 1.807) is 20.5 Å². The third-order valence-corrected chi connectivity index (χ3v) is 4.10. The van der Waals surface area contributed by atoms with E-state index in [0.29, 0.717) is 17.4 Å². The number of carbonyl (C=O) groups is 1. The molecule has 2 aromatic rings. The van der Waals surface area contributed by atoms with E-state index >= 15 is 0 Å². The van der Waals surface area contributed by atoms with Crippen molar-refractivity contribution in [3.63, 3.8) is 0 Å². The molecule has 2 heterocycles. The van der Waals surface area contributed by atoms with Crippen LogP contribution < -0.4 is 20.1 Å². The second-order valence-electron chi connectivity index (χ2n) is 5.99. The molecule has 0 amide bonds. The molecule has 0 aliphatic carbocycles. The third kappa shape index (κ3) is 5.59. The lowest BCUT2D eigenvalue weighted by atomic mass is 10.1. The van der Waals surface area contributed by atoms with E-state index in [0.717, 1.165) is 36.4 Å². The fraction of sp³-hybridized carbons (Fsp3) is 0.471. The van der Waals surface area contributed by atoms with Crippen molar-refractivity contribution in [1.82, 2.24) is 15.3 Å². The number of fused-ring (bicyclic) bond motifs is 1. The minimum absolute atomic E-state index is 0.648. The molecule has 1 aliphatic heterocycles. The van der Waals surface area contributed by atoms with E-state index in [2.05, 4.69) is 20.6 Å². The number of alkyl halides is 3. The topological polar surface area (TPSA) is 106 Å². The Labute approximate surface area is 159 Å². The lowest BCUT2D eigenvalue weighted by Crippen LogP contribution is -2.21. The van der Waals surface area contributed by atoms with Crippen molar-refractivity contribution < 1.29 is 32.5 Å². The van der Waals surface area contributed by atoms with Gasteiger partial charge in [0.1, 0.15) is 12.1 Å². The Morgan fingerprint density at radius 3 is 2.46 bits per heavy atom. The zero-order valence-corrected chi connectivity index (χ0v) is 15.3. The van der Waals surface area contributed by atoms with Crippen molar-refractivity contribution in [3.05, 3.63) is 18.5 Å². The summed E-state index contributed by atoms with van der Waals surface area (Å²) in [6.45, 7) is 3.07. The Morgan fingerprint density at radius 2 is 1.93 bits per heavy atom. The van der Waals surface area contributed by atoms with E-state index in [1.807, 2.05) is 12.1 Å². The summed E-state index contributed by atoms with van der Waals surface area (Å²) in [5.41, 5.74) is 0.842. The molecular formula is C17H21F3N4O4. The number of hydrogen-bond acceptors (Lipinski definition) is 7. The van der Waals surface area contributed by atoms with Crippen LogP contribution in [0.1, 0.15) is 6.42 Å². The first-order valence-corrected chi connectivity index (χ1v) is 8.37. The highest BCUT2D eigenvalue weighted by Gasteiger charge is 2.38. The Bertz CT molecular complexity index is 811. The molecule has 3 N–H and O–H groups in total. The number of rotatable bonds is 5. The summed E-state index contributed by atoms with van der Waals surface area (Å²) in [5.74, 6) is 0.0931. The molecule has 11 heteroatoms. The summed E-state index contributed by atoms with van der Waals surface area (Å²) in [5, 5.41) is 14.9. The number of aliphatic carboxylic acids is 1. The van der Waals surface area contributed by atoms with E-state index in [-0.39, 0.29) is 0 Å². The number of aromatic nitrogens is 2. The van der Waals surface area contributed by atoms with Crippen molar-refractivity contribution in [2.45, 2.75) is 12.6 Å². The van der Waals surface area contributed by atoms with Crippen molar-refractivity contribution in [2.75, 3.05) is 39.2 Å². The van der Waals surface area contributed by atoms with Gasteiger partial charge in [0.15, 0.2) is 11.5 Å². The fourth-order valence-corrected chi connectivity index (χ4v) is 2.65. The maximum atomic E-state index is 10.6. The number of carboxylic acid groups (broad SMARTS) is 1. The molecule has 1 aromatic heterocycles. The molecule has 1 fully saturated rings. The fourth-order valence-electron chi connectivity index (χ4n) is 2.65. The van der Waals surface area contributed by atoms with Gasteiger partial charge in [-0.25, -0.2) is 14.8 Å². The van der Waals surface area contributed by atoms with Crippen molar-refractivity contribution >= 4 is 22.7 Å². The number of anilines is 1. The number of methoxy groups -OCH3 is 2. The van der Waals surface area contributed by atoms with Gasteiger partial charge in [-0.15, -0.1) is 0 Å². The van der Waals surface area contributed by atoms with Crippen LogP contribution in [-0.2, 0) is 4.79 Å². The van der Waals surface area contributed by atoms with Crippen LogP contribution in [0.15, 0.2) is 18.5 Å². The zero-order chi connectivity index (χ0) is 20.7.